The van der Waals surface area contributed by atoms with Crippen LogP contribution in [0.3, 0.4) is 0 Å². The average Bonchev–Trinajstić information content (AvgIpc) is 2.67. The number of amides is 2. The van der Waals surface area contributed by atoms with Crippen molar-refractivity contribution in [1.29, 1.82) is 0 Å². The van der Waals surface area contributed by atoms with Crippen LogP contribution in [0.1, 0.15) is 27.7 Å². The Morgan fingerprint density at radius 1 is 1.24 bits per heavy atom. The molecule has 1 saturated heterocycles. The zero-order valence-electron chi connectivity index (χ0n) is 10.4. The van der Waals surface area contributed by atoms with E-state index in [-0.39, 0.29) is 29.1 Å². The highest BCUT2D eigenvalue weighted by atomic mass is 16.4. The molecular formula is C12H17NO4. The van der Waals surface area contributed by atoms with E-state index in [0.29, 0.717) is 0 Å². The summed E-state index contributed by atoms with van der Waals surface area (Å²) < 4.78 is 0. The Labute approximate surface area is 99.8 Å². The van der Waals surface area contributed by atoms with E-state index in [1.165, 1.54) is 6.92 Å². The van der Waals surface area contributed by atoms with Crippen molar-refractivity contribution in [3.05, 3.63) is 0 Å². The van der Waals surface area contributed by atoms with Gasteiger partial charge in [-0.05, 0) is 19.3 Å². The molecule has 4 atom stereocenters. The van der Waals surface area contributed by atoms with E-state index in [9.17, 15) is 14.4 Å². The maximum atomic E-state index is 12.1. The minimum absolute atomic E-state index is 0.203. The molecule has 0 bridgehead atoms. The Hall–Kier alpha value is -1.39. The quantitative estimate of drug-likeness (QED) is 0.737. The first-order valence-electron chi connectivity index (χ1n) is 5.81. The number of piperidine rings is 1. The van der Waals surface area contributed by atoms with Gasteiger partial charge in [0.25, 0.3) is 0 Å². The molecule has 0 aromatic heterocycles. The number of nitrogens with zero attached hydrogens (tertiary/aromatic N) is 1. The van der Waals surface area contributed by atoms with Crippen LogP contribution >= 0.6 is 0 Å². The lowest BCUT2D eigenvalue weighted by Gasteiger charge is -2.29. The van der Waals surface area contributed by atoms with Crippen LogP contribution in [0.2, 0.25) is 0 Å². The van der Waals surface area contributed by atoms with Crippen molar-refractivity contribution >= 4 is 17.8 Å². The van der Waals surface area contributed by atoms with Gasteiger partial charge in [-0.25, -0.2) is 0 Å². The van der Waals surface area contributed by atoms with Crippen LogP contribution in [0.25, 0.3) is 0 Å². The maximum Gasteiger partial charge on any atom is 0.308 e. The Morgan fingerprint density at radius 3 is 2.00 bits per heavy atom. The van der Waals surface area contributed by atoms with Crippen LogP contribution < -0.4 is 0 Å². The SMILES string of the molecule is CC(C(=O)O)C(C)N1C(=O)C2C(C1=O)C2(C)C. The van der Waals surface area contributed by atoms with Gasteiger partial charge in [0.2, 0.25) is 11.8 Å². The van der Waals surface area contributed by atoms with E-state index in [1.54, 1.807) is 6.92 Å². The molecule has 1 saturated carbocycles. The molecule has 0 radical (unpaired) electrons. The van der Waals surface area contributed by atoms with Crippen LogP contribution in [0.5, 0.6) is 0 Å². The van der Waals surface area contributed by atoms with Gasteiger partial charge in [0.1, 0.15) is 0 Å². The Kier molecular flexibility index (Phi) is 2.35. The summed E-state index contributed by atoms with van der Waals surface area (Å²) in [6, 6.07) is -0.573. The summed E-state index contributed by atoms with van der Waals surface area (Å²) in [5.74, 6) is -2.60. The molecule has 1 aliphatic heterocycles. The van der Waals surface area contributed by atoms with E-state index in [4.69, 9.17) is 5.11 Å². The summed E-state index contributed by atoms with van der Waals surface area (Å²) in [5.41, 5.74) is -0.239. The van der Waals surface area contributed by atoms with Gasteiger partial charge in [-0.1, -0.05) is 13.8 Å². The van der Waals surface area contributed by atoms with Gasteiger partial charge in [-0.2, -0.15) is 0 Å². The summed E-state index contributed by atoms with van der Waals surface area (Å²) in [7, 11) is 0. The molecule has 0 aromatic rings. The van der Waals surface area contributed by atoms with Crippen molar-refractivity contribution in [2.75, 3.05) is 0 Å². The molecule has 0 spiro atoms. The van der Waals surface area contributed by atoms with Gasteiger partial charge >= 0.3 is 5.97 Å². The molecule has 1 heterocycles. The van der Waals surface area contributed by atoms with Crippen molar-refractivity contribution in [3.8, 4) is 0 Å². The number of hydrogen-bond donors (Lipinski definition) is 1. The lowest BCUT2D eigenvalue weighted by atomic mass is 9.99. The minimum Gasteiger partial charge on any atom is -0.481 e. The Morgan fingerprint density at radius 2 is 1.65 bits per heavy atom. The second kappa shape index (κ2) is 3.31. The number of imide groups is 1. The highest BCUT2D eigenvalue weighted by Gasteiger charge is 2.73. The van der Waals surface area contributed by atoms with E-state index in [1.807, 2.05) is 13.8 Å². The van der Waals surface area contributed by atoms with Crippen LogP contribution in [-0.2, 0) is 14.4 Å². The number of fused-ring (bicyclic) bond motifs is 1. The minimum atomic E-state index is -0.988. The monoisotopic (exact) mass is 239 g/mol. The van der Waals surface area contributed by atoms with Gasteiger partial charge in [0.05, 0.1) is 17.8 Å². The average molecular weight is 239 g/mol. The predicted octanol–water partition coefficient (Wildman–Crippen LogP) is 0.737. The summed E-state index contributed by atoms with van der Waals surface area (Å²) in [4.78, 5) is 36.1. The highest BCUT2D eigenvalue weighted by Crippen LogP contribution is 2.63. The second-order valence-corrected chi connectivity index (χ2v) is 5.69. The Bertz CT molecular complexity index is 391. The van der Waals surface area contributed by atoms with Crippen molar-refractivity contribution < 1.29 is 19.5 Å². The molecule has 5 nitrogen and oxygen atoms in total. The lowest BCUT2D eigenvalue weighted by Crippen LogP contribution is -2.47. The fraction of sp³-hybridized carbons (Fsp3) is 0.750. The molecule has 2 fully saturated rings. The molecule has 94 valence electrons. The highest BCUT2D eigenvalue weighted by molar-refractivity contribution is 6.10. The lowest BCUT2D eigenvalue weighted by molar-refractivity contribution is -0.150. The number of rotatable bonds is 3. The summed E-state index contributed by atoms with van der Waals surface area (Å²) >= 11 is 0. The van der Waals surface area contributed by atoms with E-state index in [2.05, 4.69) is 0 Å². The summed E-state index contributed by atoms with van der Waals surface area (Å²) in [6.45, 7) is 6.94. The molecule has 0 aromatic carbocycles. The summed E-state index contributed by atoms with van der Waals surface area (Å²) in [5, 5.41) is 8.92. The fourth-order valence-corrected chi connectivity index (χ4v) is 2.80. The number of carbonyl (C=O) groups excluding carboxylic acids is 2. The van der Waals surface area contributed by atoms with Crippen molar-refractivity contribution in [2.45, 2.75) is 33.7 Å². The molecule has 5 heteroatoms. The number of likely N-dealkylation sites (tertiary alicyclic amines) is 1. The molecule has 2 amide bonds. The molecule has 2 aliphatic rings. The standard InChI is InChI=1S/C12H17NO4/c1-5(11(16)17)6(2)13-9(14)7-8(10(13)15)12(7,3)4/h5-8H,1-4H3,(H,16,17). The fourth-order valence-electron chi connectivity index (χ4n) is 2.80. The third kappa shape index (κ3) is 1.41. The first-order valence-corrected chi connectivity index (χ1v) is 5.81. The molecule has 2 rings (SSSR count). The van der Waals surface area contributed by atoms with Gasteiger partial charge in [-0.15, -0.1) is 0 Å². The normalized spacial score (nSPS) is 33.3. The van der Waals surface area contributed by atoms with Crippen molar-refractivity contribution in [2.24, 2.45) is 23.2 Å². The number of carboxylic acids is 1. The molecule has 17 heavy (non-hydrogen) atoms. The van der Waals surface area contributed by atoms with E-state index < -0.39 is 17.9 Å². The summed E-state index contributed by atoms with van der Waals surface area (Å²) in [6.07, 6.45) is 0. The smallest absolute Gasteiger partial charge is 0.308 e. The molecule has 4 unspecified atom stereocenters. The number of hydrogen-bond acceptors (Lipinski definition) is 3. The number of carboxylic acid groups (broad SMARTS) is 1. The van der Waals surface area contributed by atoms with Crippen LogP contribution in [0, 0.1) is 23.2 Å². The molecule has 1 N–H and O–H groups in total. The largest absolute Gasteiger partial charge is 0.481 e. The number of aliphatic carboxylic acids is 1. The van der Waals surface area contributed by atoms with Crippen LogP contribution in [0.4, 0.5) is 0 Å². The first-order chi connectivity index (χ1) is 7.71. The Balaban J connectivity index is 2.19. The maximum absolute atomic E-state index is 12.1. The third-order valence-electron chi connectivity index (χ3n) is 4.35. The van der Waals surface area contributed by atoms with Gasteiger partial charge in [-0.3, -0.25) is 19.3 Å². The second-order valence-electron chi connectivity index (χ2n) is 5.69. The van der Waals surface area contributed by atoms with Crippen molar-refractivity contribution in [3.63, 3.8) is 0 Å². The third-order valence-corrected chi connectivity index (χ3v) is 4.35. The van der Waals surface area contributed by atoms with E-state index >= 15 is 0 Å². The zero-order valence-corrected chi connectivity index (χ0v) is 10.4. The molecular weight excluding hydrogens is 222 g/mol. The van der Waals surface area contributed by atoms with E-state index in [0.717, 1.165) is 4.90 Å². The van der Waals surface area contributed by atoms with Gasteiger partial charge in [0.15, 0.2) is 0 Å². The van der Waals surface area contributed by atoms with Crippen LogP contribution in [0.15, 0.2) is 0 Å². The van der Waals surface area contributed by atoms with Crippen molar-refractivity contribution in [1.82, 2.24) is 4.90 Å². The van der Waals surface area contributed by atoms with Gasteiger partial charge < -0.3 is 5.11 Å². The van der Waals surface area contributed by atoms with Gasteiger partial charge in [0, 0.05) is 6.04 Å². The molecule has 1 aliphatic carbocycles. The number of carbonyl (C=O) groups is 3. The zero-order chi connectivity index (χ0) is 13.1. The first kappa shape index (κ1) is 12.1. The van der Waals surface area contributed by atoms with Crippen LogP contribution in [-0.4, -0.2) is 33.8 Å². The topological polar surface area (TPSA) is 74.7 Å². The predicted molar refractivity (Wildman–Crippen MR) is 58.9 cm³/mol.